The standard InChI is InChI=1S/C19H24N2O5/c1-19(2,3)26-18(25)20-14-9-8-11(22)10-15(14)21-16(23)12-6-4-5-7-13(12)17(21)24/h4-7,11,14-15,22H,8-10H2,1-3H3,(H,20,25). The van der Waals surface area contributed by atoms with Crippen molar-refractivity contribution in [1.29, 1.82) is 0 Å². The first kappa shape index (κ1) is 18.4. The molecule has 140 valence electrons. The molecule has 0 spiro atoms. The first-order valence-electron chi connectivity index (χ1n) is 8.82. The zero-order chi connectivity index (χ0) is 19.1. The molecule has 3 amide bonds. The Hall–Kier alpha value is -2.41. The second-order valence-electron chi connectivity index (χ2n) is 7.81. The molecule has 0 radical (unpaired) electrons. The number of nitrogens with one attached hydrogen (secondary N) is 1. The van der Waals surface area contributed by atoms with Crippen LogP contribution in [0.3, 0.4) is 0 Å². The van der Waals surface area contributed by atoms with E-state index in [2.05, 4.69) is 5.32 Å². The van der Waals surface area contributed by atoms with E-state index in [1.807, 2.05) is 0 Å². The van der Waals surface area contributed by atoms with Gasteiger partial charge in [-0.15, -0.1) is 0 Å². The fourth-order valence-electron chi connectivity index (χ4n) is 3.55. The highest BCUT2D eigenvalue weighted by Crippen LogP contribution is 2.31. The highest BCUT2D eigenvalue weighted by molar-refractivity contribution is 6.21. The third-order valence-corrected chi connectivity index (χ3v) is 4.65. The maximum atomic E-state index is 12.8. The fourth-order valence-corrected chi connectivity index (χ4v) is 3.55. The van der Waals surface area contributed by atoms with Gasteiger partial charge in [-0.25, -0.2) is 4.79 Å². The third-order valence-electron chi connectivity index (χ3n) is 4.65. The molecule has 1 aromatic carbocycles. The summed E-state index contributed by atoms with van der Waals surface area (Å²) in [5, 5.41) is 12.8. The van der Waals surface area contributed by atoms with Crippen molar-refractivity contribution in [2.24, 2.45) is 0 Å². The molecule has 0 aromatic heterocycles. The smallest absolute Gasteiger partial charge is 0.407 e. The van der Waals surface area contributed by atoms with Crippen LogP contribution in [0.2, 0.25) is 0 Å². The van der Waals surface area contributed by atoms with Crippen LogP contribution >= 0.6 is 0 Å². The van der Waals surface area contributed by atoms with Crippen LogP contribution in [0.5, 0.6) is 0 Å². The van der Waals surface area contributed by atoms with Crippen molar-refractivity contribution in [2.75, 3.05) is 0 Å². The van der Waals surface area contributed by atoms with Crippen molar-refractivity contribution in [3.8, 4) is 0 Å². The highest BCUT2D eigenvalue weighted by Gasteiger charge is 2.45. The van der Waals surface area contributed by atoms with E-state index in [1.54, 1.807) is 45.0 Å². The predicted molar refractivity (Wildman–Crippen MR) is 93.7 cm³/mol. The lowest BCUT2D eigenvalue weighted by Crippen LogP contribution is -2.57. The number of aliphatic hydroxyl groups is 1. The first-order valence-corrected chi connectivity index (χ1v) is 8.82. The number of carbonyl (C=O) groups is 3. The summed E-state index contributed by atoms with van der Waals surface area (Å²) in [4.78, 5) is 38.8. The Morgan fingerprint density at radius 2 is 1.73 bits per heavy atom. The Kier molecular flexibility index (Phi) is 4.75. The van der Waals surface area contributed by atoms with Gasteiger partial charge in [-0.2, -0.15) is 0 Å². The van der Waals surface area contributed by atoms with Crippen molar-refractivity contribution >= 4 is 17.9 Å². The highest BCUT2D eigenvalue weighted by atomic mass is 16.6. The van der Waals surface area contributed by atoms with Crippen molar-refractivity contribution in [3.63, 3.8) is 0 Å². The molecule has 3 atom stereocenters. The molecule has 1 fully saturated rings. The van der Waals surface area contributed by atoms with Crippen LogP contribution in [-0.2, 0) is 4.74 Å². The van der Waals surface area contributed by atoms with Crippen LogP contribution < -0.4 is 5.32 Å². The Bertz CT molecular complexity index is 705. The van der Waals surface area contributed by atoms with E-state index in [4.69, 9.17) is 4.74 Å². The lowest BCUT2D eigenvalue weighted by molar-refractivity contribution is 0.0221. The summed E-state index contributed by atoms with van der Waals surface area (Å²) in [6.45, 7) is 5.29. The molecule has 1 aromatic rings. The van der Waals surface area contributed by atoms with Gasteiger partial charge in [-0.1, -0.05) is 12.1 Å². The molecule has 2 N–H and O–H groups in total. The van der Waals surface area contributed by atoms with Crippen molar-refractivity contribution in [3.05, 3.63) is 35.4 Å². The average molecular weight is 360 g/mol. The molecule has 7 heteroatoms. The van der Waals surface area contributed by atoms with E-state index >= 15 is 0 Å². The number of amides is 3. The van der Waals surface area contributed by atoms with Gasteiger partial charge in [0, 0.05) is 0 Å². The quantitative estimate of drug-likeness (QED) is 0.788. The van der Waals surface area contributed by atoms with Gasteiger partial charge in [0.1, 0.15) is 5.60 Å². The molecule has 0 bridgehead atoms. The van der Waals surface area contributed by atoms with Gasteiger partial charge in [0.15, 0.2) is 0 Å². The van der Waals surface area contributed by atoms with Gasteiger partial charge < -0.3 is 15.2 Å². The molecule has 3 unspecified atom stereocenters. The predicted octanol–water partition coefficient (Wildman–Crippen LogP) is 2.09. The first-order chi connectivity index (χ1) is 12.2. The molecule has 2 aliphatic rings. The second kappa shape index (κ2) is 6.72. The summed E-state index contributed by atoms with van der Waals surface area (Å²) < 4.78 is 5.29. The van der Waals surface area contributed by atoms with Crippen LogP contribution in [0.25, 0.3) is 0 Å². The number of ether oxygens (including phenoxy) is 1. The number of carbonyl (C=O) groups excluding carboxylic acids is 3. The topological polar surface area (TPSA) is 95.9 Å². The summed E-state index contributed by atoms with van der Waals surface area (Å²) in [7, 11) is 0. The molecule has 1 aliphatic heterocycles. The number of alkyl carbamates (subject to hydrolysis) is 1. The van der Waals surface area contributed by atoms with E-state index in [0.29, 0.717) is 24.0 Å². The van der Waals surface area contributed by atoms with Crippen molar-refractivity contribution < 1.29 is 24.2 Å². The molecule has 3 rings (SSSR count). The van der Waals surface area contributed by atoms with E-state index in [9.17, 15) is 19.5 Å². The minimum Gasteiger partial charge on any atom is -0.444 e. The van der Waals surface area contributed by atoms with Crippen LogP contribution in [0, 0.1) is 0 Å². The largest absolute Gasteiger partial charge is 0.444 e. The van der Waals surface area contributed by atoms with Gasteiger partial charge in [-0.05, 0) is 52.2 Å². The number of fused-ring (bicyclic) bond motifs is 1. The average Bonchev–Trinajstić information content (AvgIpc) is 2.79. The van der Waals surface area contributed by atoms with E-state index in [-0.39, 0.29) is 18.2 Å². The van der Waals surface area contributed by atoms with E-state index < -0.39 is 29.9 Å². The number of hydrogen-bond donors (Lipinski definition) is 2. The zero-order valence-electron chi connectivity index (χ0n) is 15.2. The SMILES string of the molecule is CC(C)(C)OC(=O)NC1CCC(O)CC1N1C(=O)c2ccccc2C1=O. The van der Waals surface area contributed by atoms with Gasteiger partial charge in [-0.3, -0.25) is 14.5 Å². The Morgan fingerprint density at radius 3 is 2.27 bits per heavy atom. The molecule has 1 aliphatic carbocycles. The second-order valence-corrected chi connectivity index (χ2v) is 7.81. The molecule has 0 saturated heterocycles. The van der Waals surface area contributed by atoms with E-state index in [0.717, 1.165) is 0 Å². The minimum absolute atomic E-state index is 0.228. The molecular weight excluding hydrogens is 336 g/mol. The molecule has 26 heavy (non-hydrogen) atoms. The van der Waals surface area contributed by atoms with Crippen LogP contribution in [0.1, 0.15) is 60.7 Å². The Balaban J connectivity index is 1.82. The Labute approximate surface area is 152 Å². The molecule has 7 nitrogen and oxygen atoms in total. The number of aliphatic hydroxyl groups excluding tert-OH is 1. The monoisotopic (exact) mass is 360 g/mol. The van der Waals surface area contributed by atoms with Gasteiger partial charge >= 0.3 is 6.09 Å². The van der Waals surface area contributed by atoms with Crippen molar-refractivity contribution in [2.45, 2.75) is 63.8 Å². The summed E-state index contributed by atoms with van der Waals surface area (Å²) in [6.07, 6.45) is -0.0497. The number of imide groups is 1. The lowest BCUT2D eigenvalue weighted by atomic mass is 9.87. The molecular formula is C19H24N2O5. The maximum Gasteiger partial charge on any atom is 0.407 e. The zero-order valence-corrected chi connectivity index (χ0v) is 15.2. The van der Waals surface area contributed by atoms with Gasteiger partial charge in [0.2, 0.25) is 0 Å². The van der Waals surface area contributed by atoms with Gasteiger partial charge in [0.05, 0.1) is 29.3 Å². The fraction of sp³-hybridized carbons (Fsp3) is 0.526. The van der Waals surface area contributed by atoms with Crippen molar-refractivity contribution in [1.82, 2.24) is 10.2 Å². The molecule has 1 heterocycles. The van der Waals surface area contributed by atoms with Crippen LogP contribution in [0.4, 0.5) is 4.79 Å². The minimum atomic E-state index is -0.650. The van der Waals surface area contributed by atoms with E-state index in [1.165, 1.54) is 4.90 Å². The maximum absolute atomic E-state index is 12.8. The van der Waals surface area contributed by atoms with Gasteiger partial charge in [0.25, 0.3) is 11.8 Å². The number of rotatable bonds is 2. The Morgan fingerprint density at radius 1 is 1.15 bits per heavy atom. The summed E-state index contributed by atoms with van der Waals surface area (Å²) in [5.41, 5.74) is 0.0608. The summed E-state index contributed by atoms with van der Waals surface area (Å²) >= 11 is 0. The van der Waals surface area contributed by atoms with Crippen LogP contribution in [-0.4, -0.2) is 51.7 Å². The molecule has 1 saturated carbocycles. The number of nitrogens with zero attached hydrogens (tertiary/aromatic N) is 1. The number of benzene rings is 1. The van der Waals surface area contributed by atoms with Crippen LogP contribution in [0.15, 0.2) is 24.3 Å². The third kappa shape index (κ3) is 3.58. The summed E-state index contributed by atoms with van der Waals surface area (Å²) in [5.74, 6) is -0.777. The number of hydrogen-bond acceptors (Lipinski definition) is 5. The summed E-state index contributed by atoms with van der Waals surface area (Å²) in [6, 6.07) is 5.57. The normalized spacial score (nSPS) is 25.8. The lowest BCUT2D eigenvalue weighted by Gasteiger charge is -2.39.